The van der Waals surface area contributed by atoms with Gasteiger partial charge in [-0.25, -0.2) is 9.50 Å². The first-order valence-electron chi connectivity index (χ1n) is 10.2. The summed E-state index contributed by atoms with van der Waals surface area (Å²) in [5.74, 6) is 0.737. The van der Waals surface area contributed by atoms with Crippen molar-refractivity contribution in [1.29, 1.82) is 0 Å². The van der Waals surface area contributed by atoms with E-state index in [0.29, 0.717) is 17.4 Å². The Morgan fingerprint density at radius 2 is 1.80 bits per heavy atom. The van der Waals surface area contributed by atoms with Gasteiger partial charge in [0.05, 0.1) is 6.42 Å². The van der Waals surface area contributed by atoms with Crippen LogP contribution in [0.25, 0.3) is 5.78 Å². The third kappa shape index (κ3) is 3.76. The number of anilines is 1. The van der Waals surface area contributed by atoms with Crippen LogP contribution < -0.4 is 4.90 Å². The van der Waals surface area contributed by atoms with Crippen molar-refractivity contribution in [1.82, 2.24) is 24.5 Å². The van der Waals surface area contributed by atoms with E-state index < -0.39 is 0 Å². The predicted octanol–water partition coefficient (Wildman–Crippen LogP) is 2.97. The second-order valence-corrected chi connectivity index (χ2v) is 8.61. The third-order valence-electron chi connectivity index (χ3n) is 6.09. The molecule has 3 heterocycles. The number of benzene rings is 1. The summed E-state index contributed by atoms with van der Waals surface area (Å²) in [4.78, 5) is 26.4. The molecule has 0 aliphatic carbocycles. The van der Waals surface area contributed by atoms with Crippen molar-refractivity contribution in [2.75, 3.05) is 37.3 Å². The zero-order chi connectivity index (χ0) is 21.4. The summed E-state index contributed by atoms with van der Waals surface area (Å²) in [5, 5.41) is 5.18. The van der Waals surface area contributed by atoms with Crippen LogP contribution in [0.5, 0.6) is 0 Å². The quantitative estimate of drug-likeness (QED) is 0.600. The summed E-state index contributed by atoms with van der Waals surface area (Å²) in [6.07, 6.45) is 2.29. The van der Waals surface area contributed by atoms with E-state index in [1.54, 1.807) is 4.52 Å². The van der Waals surface area contributed by atoms with Crippen LogP contribution >= 0.6 is 11.8 Å². The van der Waals surface area contributed by atoms with Gasteiger partial charge in [0.2, 0.25) is 11.1 Å². The summed E-state index contributed by atoms with van der Waals surface area (Å²) >= 11 is 1.49. The number of thioether (sulfide) groups is 1. The Balaban J connectivity index is 1.47. The average molecular weight is 425 g/mol. The third-order valence-corrected chi connectivity index (χ3v) is 6.63. The lowest BCUT2D eigenvalue weighted by molar-refractivity contribution is -0.130. The minimum atomic E-state index is 0.146. The van der Waals surface area contributed by atoms with Gasteiger partial charge in [-0.1, -0.05) is 23.9 Å². The molecular weight excluding hydrogens is 396 g/mol. The molecule has 0 unspecified atom stereocenters. The Hall–Kier alpha value is -2.61. The van der Waals surface area contributed by atoms with Crippen molar-refractivity contribution >= 4 is 29.1 Å². The van der Waals surface area contributed by atoms with Crippen molar-refractivity contribution < 1.29 is 4.79 Å². The van der Waals surface area contributed by atoms with Crippen LogP contribution in [-0.2, 0) is 11.2 Å². The van der Waals surface area contributed by atoms with Gasteiger partial charge in [0, 0.05) is 48.8 Å². The van der Waals surface area contributed by atoms with E-state index in [1.807, 2.05) is 25.0 Å². The molecule has 1 aromatic carbocycles. The first-order chi connectivity index (χ1) is 14.4. The van der Waals surface area contributed by atoms with Crippen LogP contribution in [0.2, 0.25) is 0 Å². The molecular formula is C22H28N6OS. The number of amides is 1. The number of hydrogen-bond acceptors (Lipinski definition) is 6. The summed E-state index contributed by atoms with van der Waals surface area (Å²) in [7, 11) is 0. The molecule has 0 saturated carbocycles. The molecule has 2 aromatic heterocycles. The van der Waals surface area contributed by atoms with Crippen molar-refractivity contribution in [3.8, 4) is 0 Å². The smallest absolute Gasteiger partial charge is 0.253 e. The molecule has 0 radical (unpaired) electrons. The molecule has 1 aliphatic rings. The number of rotatable bonds is 4. The number of aromatic nitrogens is 4. The van der Waals surface area contributed by atoms with E-state index in [2.05, 4.69) is 52.0 Å². The molecule has 4 rings (SSSR count). The fraction of sp³-hybridized carbons (Fsp3) is 0.455. The first-order valence-corrected chi connectivity index (χ1v) is 11.5. The van der Waals surface area contributed by atoms with Crippen LogP contribution in [-0.4, -0.2) is 62.8 Å². The number of carbonyl (C=O) groups is 1. The summed E-state index contributed by atoms with van der Waals surface area (Å²) in [5.41, 5.74) is 6.63. The Labute approximate surface area is 181 Å². The van der Waals surface area contributed by atoms with Crippen LogP contribution in [0.4, 0.5) is 5.69 Å². The number of carbonyl (C=O) groups excluding carboxylic acids is 1. The molecule has 0 spiro atoms. The van der Waals surface area contributed by atoms with E-state index >= 15 is 0 Å². The number of fused-ring (bicyclic) bond motifs is 1. The van der Waals surface area contributed by atoms with E-state index in [1.165, 1.54) is 28.6 Å². The fourth-order valence-corrected chi connectivity index (χ4v) is 4.41. The largest absolute Gasteiger partial charge is 0.368 e. The molecule has 158 valence electrons. The fourth-order valence-electron chi connectivity index (χ4n) is 4.07. The Morgan fingerprint density at radius 3 is 2.50 bits per heavy atom. The molecule has 8 heteroatoms. The van der Waals surface area contributed by atoms with E-state index in [4.69, 9.17) is 0 Å². The maximum atomic E-state index is 13.1. The topological polar surface area (TPSA) is 66.6 Å². The number of nitrogens with zero attached hydrogens (tertiary/aromatic N) is 6. The summed E-state index contributed by atoms with van der Waals surface area (Å²) < 4.78 is 1.75. The number of piperazine rings is 1. The lowest BCUT2D eigenvalue weighted by atomic mass is 10.1. The monoisotopic (exact) mass is 424 g/mol. The van der Waals surface area contributed by atoms with Crippen molar-refractivity contribution in [2.45, 2.75) is 39.3 Å². The van der Waals surface area contributed by atoms with Gasteiger partial charge in [0.25, 0.3) is 5.78 Å². The van der Waals surface area contributed by atoms with Crippen molar-refractivity contribution in [3.63, 3.8) is 0 Å². The van der Waals surface area contributed by atoms with E-state index in [-0.39, 0.29) is 5.91 Å². The lowest BCUT2D eigenvalue weighted by Gasteiger charge is -2.37. The molecule has 1 aliphatic heterocycles. The van der Waals surface area contributed by atoms with Gasteiger partial charge in [-0.2, -0.15) is 4.98 Å². The molecule has 0 N–H and O–H groups in total. The van der Waals surface area contributed by atoms with Gasteiger partial charge >= 0.3 is 0 Å². The molecule has 1 fully saturated rings. The maximum Gasteiger partial charge on any atom is 0.253 e. The Bertz CT molecular complexity index is 1100. The molecule has 7 nitrogen and oxygen atoms in total. The van der Waals surface area contributed by atoms with Crippen LogP contribution in [0.3, 0.4) is 0 Å². The Morgan fingerprint density at radius 1 is 1.07 bits per heavy atom. The van der Waals surface area contributed by atoms with Gasteiger partial charge in [0.15, 0.2) is 0 Å². The van der Waals surface area contributed by atoms with Gasteiger partial charge in [0.1, 0.15) is 0 Å². The molecule has 1 saturated heterocycles. The predicted molar refractivity (Wildman–Crippen MR) is 120 cm³/mol. The normalized spacial score (nSPS) is 14.6. The molecule has 0 atom stereocenters. The van der Waals surface area contributed by atoms with Crippen LogP contribution in [0.15, 0.2) is 23.4 Å². The van der Waals surface area contributed by atoms with Crippen molar-refractivity contribution in [3.05, 3.63) is 46.3 Å². The summed E-state index contributed by atoms with van der Waals surface area (Å²) in [6.45, 7) is 11.4. The highest BCUT2D eigenvalue weighted by Crippen LogP contribution is 2.24. The second-order valence-electron chi connectivity index (χ2n) is 7.84. The van der Waals surface area contributed by atoms with Gasteiger partial charge in [-0.3, -0.25) is 4.79 Å². The highest BCUT2D eigenvalue weighted by atomic mass is 32.2. The minimum Gasteiger partial charge on any atom is -0.368 e. The van der Waals surface area contributed by atoms with Gasteiger partial charge in [-0.15, -0.1) is 5.10 Å². The Kier molecular flexibility index (Phi) is 5.69. The van der Waals surface area contributed by atoms with E-state index in [9.17, 15) is 4.79 Å². The van der Waals surface area contributed by atoms with Crippen molar-refractivity contribution in [2.24, 2.45) is 0 Å². The SMILES string of the molecule is CSc1nc2nc(C)c(CC(=O)N3CCN(c4cccc(C)c4C)CC3)c(C)n2n1. The van der Waals surface area contributed by atoms with Crippen LogP contribution in [0, 0.1) is 27.7 Å². The second kappa shape index (κ2) is 8.26. The highest BCUT2D eigenvalue weighted by molar-refractivity contribution is 7.98. The molecule has 3 aromatic rings. The molecule has 30 heavy (non-hydrogen) atoms. The lowest BCUT2D eigenvalue weighted by Crippen LogP contribution is -2.49. The number of aryl methyl sites for hydroxylation is 3. The standard InChI is InChI=1S/C22H28N6OS/c1-14-7-6-8-19(15(14)2)26-9-11-27(12-10-26)20(29)13-18-16(3)23-21-24-22(30-5)25-28(21)17(18)4/h6-8H,9-13H2,1-5H3. The zero-order valence-corrected chi connectivity index (χ0v) is 19.1. The molecule has 0 bridgehead atoms. The maximum absolute atomic E-state index is 13.1. The zero-order valence-electron chi connectivity index (χ0n) is 18.3. The van der Waals surface area contributed by atoms with E-state index in [0.717, 1.165) is 43.1 Å². The van der Waals surface area contributed by atoms with Gasteiger partial charge < -0.3 is 9.80 Å². The number of hydrogen-bond donors (Lipinski definition) is 0. The summed E-state index contributed by atoms with van der Waals surface area (Å²) in [6, 6.07) is 6.43. The highest BCUT2D eigenvalue weighted by Gasteiger charge is 2.24. The minimum absolute atomic E-state index is 0.146. The van der Waals surface area contributed by atoms with Gasteiger partial charge in [-0.05, 0) is 51.1 Å². The van der Waals surface area contributed by atoms with Crippen LogP contribution in [0.1, 0.15) is 28.1 Å². The average Bonchev–Trinajstić information content (AvgIpc) is 3.16. The molecule has 1 amide bonds. The first kappa shape index (κ1) is 20.7.